The molecule has 0 aromatic heterocycles. The molecule has 0 aliphatic carbocycles. The predicted octanol–water partition coefficient (Wildman–Crippen LogP) is 4.55. The monoisotopic (exact) mass is 704 g/mol. The Morgan fingerprint density at radius 1 is 0.694 bits per heavy atom. The second-order valence-corrected chi connectivity index (χ2v) is 14.0. The van der Waals surface area contributed by atoms with E-state index in [0.29, 0.717) is 19.3 Å². The third kappa shape index (κ3) is 20.5. The summed E-state index contributed by atoms with van der Waals surface area (Å²) in [6.45, 7) is 3.35. The summed E-state index contributed by atoms with van der Waals surface area (Å²) in [5.41, 5.74) is 0. The van der Waals surface area contributed by atoms with Crippen LogP contribution in [0.5, 0.6) is 0 Å². The van der Waals surface area contributed by atoms with Gasteiger partial charge in [0.15, 0.2) is 6.29 Å². The number of aliphatic hydroxyl groups excluding tert-OH is 7. The van der Waals surface area contributed by atoms with Crippen molar-refractivity contribution in [2.45, 2.75) is 210 Å². The Hall–Kier alpha value is -1.15. The van der Waals surface area contributed by atoms with Gasteiger partial charge in [0.1, 0.15) is 36.6 Å². The molecule has 49 heavy (non-hydrogen) atoms. The van der Waals surface area contributed by atoms with Gasteiger partial charge in [0, 0.05) is 0 Å². The van der Waals surface area contributed by atoms with Crippen LogP contribution in [0.15, 0.2) is 12.2 Å². The standard InChI is InChI=1S/C38H73NO10/c1-3-5-7-9-11-13-15-17-19-21-23-25-30(41)33(43)29(28-48-38-36(46)35(45)34(44)32(27-40)49-38)39-37(47)31(42)26-24-22-20-18-16-14-12-10-8-6-4-2/h12,14,29-36,38,40-46H,3-11,13,15-28H2,1-2H3,(H,39,47)/b14-12-. The topological polar surface area (TPSA) is 189 Å². The predicted molar refractivity (Wildman–Crippen MR) is 192 cm³/mol. The van der Waals surface area contributed by atoms with Crippen LogP contribution in [0.1, 0.15) is 155 Å². The summed E-state index contributed by atoms with van der Waals surface area (Å²) in [6, 6.07) is -1.17. The molecule has 1 fully saturated rings. The van der Waals surface area contributed by atoms with Crippen LogP contribution in [0.25, 0.3) is 0 Å². The van der Waals surface area contributed by atoms with Crippen LogP contribution in [0, 0.1) is 0 Å². The third-order valence-electron chi connectivity index (χ3n) is 9.57. The second-order valence-electron chi connectivity index (χ2n) is 14.0. The fourth-order valence-corrected chi connectivity index (χ4v) is 6.20. The molecule has 1 aliphatic heterocycles. The third-order valence-corrected chi connectivity index (χ3v) is 9.57. The Morgan fingerprint density at radius 2 is 1.18 bits per heavy atom. The lowest BCUT2D eigenvalue weighted by atomic mass is 9.98. The van der Waals surface area contributed by atoms with Gasteiger partial charge in [0.2, 0.25) is 5.91 Å². The number of nitrogens with one attached hydrogen (secondary N) is 1. The van der Waals surface area contributed by atoms with Gasteiger partial charge in [-0.15, -0.1) is 0 Å². The first-order valence-corrected chi connectivity index (χ1v) is 19.6. The van der Waals surface area contributed by atoms with E-state index in [4.69, 9.17) is 9.47 Å². The molecule has 0 radical (unpaired) electrons. The summed E-state index contributed by atoms with van der Waals surface area (Å²) in [4.78, 5) is 13.0. The molecule has 9 unspecified atom stereocenters. The zero-order valence-electron chi connectivity index (χ0n) is 30.7. The van der Waals surface area contributed by atoms with Gasteiger partial charge in [-0.2, -0.15) is 0 Å². The molecular formula is C38H73NO10. The molecule has 8 N–H and O–H groups in total. The fraction of sp³-hybridized carbons (Fsp3) is 0.921. The highest BCUT2D eigenvalue weighted by Gasteiger charge is 2.44. The number of carbonyl (C=O) groups excluding carboxylic acids is 1. The molecule has 0 aromatic rings. The Bertz CT molecular complexity index is 815. The van der Waals surface area contributed by atoms with Gasteiger partial charge in [-0.05, 0) is 38.5 Å². The molecule has 1 aliphatic rings. The quantitative estimate of drug-likeness (QED) is 0.0376. The van der Waals surface area contributed by atoms with Crippen molar-refractivity contribution >= 4 is 5.91 Å². The fourth-order valence-electron chi connectivity index (χ4n) is 6.20. The summed E-state index contributed by atoms with van der Waals surface area (Å²) in [6.07, 6.45) is 15.6. The summed E-state index contributed by atoms with van der Waals surface area (Å²) in [5.74, 6) is -0.710. The van der Waals surface area contributed by atoms with Gasteiger partial charge in [-0.25, -0.2) is 0 Å². The minimum atomic E-state index is -1.66. The smallest absolute Gasteiger partial charge is 0.249 e. The molecule has 0 spiro atoms. The van der Waals surface area contributed by atoms with Crippen LogP contribution in [0.2, 0.25) is 0 Å². The number of hydrogen-bond acceptors (Lipinski definition) is 10. The first kappa shape index (κ1) is 45.9. The van der Waals surface area contributed by atoms with E-state index in [-0.39, 0.29) is 6.42 Å². The lowest BCUT2D eigenvalue weighted by Crippen LogP contribution is -2.60. The van der Waals surface area contributed by atoms with E-state index in [2.05, 4.69) is 31.3 Å². The van der Waals surface area contributed by atoms with E-state index in [1.54, 1.807) is 0 Å². The highest BCUT2D eigenvalue weighted by molar-refractivity contribution is 5.80. The van der Waals surface area contributed by atoms with E-state index < -0.39 is 74.2 Å². The van der Waals surface area contributed by atoms with Crippen molar-refractivity contribution in [1.29, 1.82) is 0 Å². The number of rotatable bonds is 31. The summed E-state index contributed by atoms with van der Waals surface area (Å²) < 4.78 is 11.0. The zero-order chi connectivity index (χ0) is 36.3. The van der Waals surface area contributed by atoms with Gasteiger partial charge < -0.3 is 50.5 Å². The lowest BCUT2D eigenvalue weighted by Gasteiger charge is -2.40. The van der Waals surface area contributed by atoms with E-state index in [9.17, 15) is 40.5 Å². The van der Waals surface area contributed by atoms with Crippen molar-refractivity contribution in [2.24, 2.45) is 0 Å². The van der Waals surface area contributed by atoms with E-state index in [1.807, 2.05) is 0 Å². The van der Waals surface area contributed by atoms with Crippen LogP contribution in [-0.4, -0.2) is 110 Å². The largest absolute Gasteiger partial charge is 0.394 e. The number of ether oxygens (including phenoxy) is 2. The number of unbranched alkanes of at least 4 members (excludes halogenated alkanes) is 17. The Labute approximate surface area is 296 Å². The molecule has 1 rings (SSSR count). The molecule has 0 saturated carbocycles. The lowest BCUT2D eigenvalue weighted by molar-refractivity contribution is -0.303. The molecule has 11 nitrogen and oxygen atoms in total. The van der Waals surface area contributed by atoms with Gasteiger partial charge in [0.25, 0.3) is 0 Å². The second kappa shape index (κ2) is 29.4. The number of aliphatic hydroxyl groups is 7. The molecule has 1 saturated heterocycles. The molecule has 290 valence electrons. The molecule has 1 heterocycles. The van der Waals surface area contributed by atoms with Gasteiger partial charge in [-0.1, -0.05) is 129 Å². The molecule has 0 aromatic carbocycles. The average Bonchev–Trinajstić information content (AvgIpc) is 3.10. The molecule has 9 atom stereocenters. The Kier molecular flexibility index (Phi) is 27.6. The van der Waals surface area contributed by atoms with Gasteiger partial charge >= 0.3 is 0 Å². The van der Waals surface area contributed by atoms with Crippen LogP contribution < -0.4 is 5.32 Å². The summed E-state index contributed by atoms with van der Waals surface area (Å²) >= 11 is 0. The minimum Gasteiger partial charge on any atom is -0.394 e. The van der Waals surface area contributed by atoms with Crippen molar-refractivity contribution in [2.75, 3.05) is 13.2 Å². The van der Waals surface area contributed by atoms with E-state index in [0.717, 1.165) is 51.4 Å². The highest BCUT2D eigenvalue weighted by atomic mass is 16.7. The Balaban J connectivity index is 2.58. The zero-order valence-corrected chi connectivity index (χ0v) is 30.7. The molecule has 1 amide bonds. The van der Waals surface area contributed by atoms with Crippen LogP contribution >= 0.6 is 0 Å². The van der Waals surface area contributed by atoms with Crippen molar-refractivity contribution in [3.63, 3.8) is 0 Å². The van der Waals surface area contributed by atoms with Crippen LogP contribution in [0.4, 0.5) is 0 Å². The molecule has 11 heteroatoms. The Morgan fingerprint density at radius 3 is 1.76 bits per heavy atom. The van der Waals surface area contributed by atoms with Gasteiger partial charge in [0.05, 0.1) is 25.4 Å². The van der Waals surface area contributed by atoms with Crippen molar-refractivity contribution in [1.82, 2.24) is 5.32 Å². The minimum absolute atomic E-state index is 0.246. The van der Waals surface area contributed by atoms with E-state index in [1.165, 1.54) is 64.2 Å². The van der Waals surface area contributed by atoms with Crippen molar-refractivity contribution in [3.8, 4) is 0 Å². The molecular weight excluding hydrogens is 630 g/mol. The van der Waals surface area contributed by atoms with E-state index >= 15 is 0 Å². The maximum atomic E-state index is 13.0. The maximum absolute atomic E-state index is 13.0. The normalized spacial score (nSPS) is 23.8. The van der Waals surface area contributed by atoms with Crippen LogP contribution in [0.3, 0.4) is 0 Å². The first-order valence-electron chi connectivity index (χ1n) is 19.6. The maximum Gasteiger partial charge on any atom is 0.249 e. The highest BCUT2D eigenvalue weighted by Crippen LogP contribution is 2.23. The SMILES string of the molecule is CCCCC/C=C\CCCCCCC(O)C(=O)NC(COC1OC(CO)C(O)C(O)C1O)C(O)C(O)CCCCCCCCCCCCC. The molecule has 0 bridgehead atoms. The average molecular weight is 704 g/mol. The van der Waals surface area contributed by atoms with Crippen LogP contribution in [-0.2, 0) is 14.3 Å². The summed E-state index contributed by atoms with van der Waals surface area (Å²) in [7, 11) is 0. The number of allylic oxidation sites excluding steroid dienone is 2. The summed E-state index contributed by atoms with van der Waals surface area (Å²) in [5, 5.41) is 75.1. The first-order chi connectivity index (χ1) is 23.7. The number of amides is 1. The van der Waals surface area contributed by atoms with Crippen molar-refractivity contribution < 1.29 is 50.0 Å². The van der Waals surface area contributed by atoms with Crippen molar-refractivity contribution in [3.05, 3.63) is 12.2 Å². The number of carbonyl (C=O) groups is 1. The number of hydrogen-bond donors (Lipinski definition) is 8. The van der Waals surface area contributed by atoms with Gasteiger partial charge in [-0.3, -0.25) is 4.79 Å².